The van der Waals surface area contributed by atoms with Gasteiger partial charge in [0, 0.05) is 50.4 Å². The molecule has 0 aliphatic carbocycles. The first-order valence-corrected chi connectivity index (χ1v) is 10.7. The number of amides is 2. The zero-order valence-corrected chi connectivity index (χ0v) is 18.1. The van der Waals surface area contributed by atoms with Crippen molar-refractivity contribution in [2.45, 2.75) is 31.7 Å². The van der Waals surface area contributed by atoms with Gasteiger partial charge in [-0.05, 0) is 37.0 Å². The van der Waals surface area contributed by atoms with Gasteiger partial charge in [0.2, 0.25) is 17.8 Å². The van der Waals surface area contributed by atoms with Gasteiger partial charge in [-0.3, -0.25) is 9.59 Å². The number of rotatable bonds is 5. The number of hydrogen-bond acceptors (Lipinski definition) is 5. The Morgan fingerprint density at radius 1 is 1.20 bits per heavy atom. The minimum Gasteiger partial charge on any atom is -0.347 e. The van der Waals surface area contributed by atoms with E-state index in [1.54, 1.807) is 4.90 Å². The van der Waals surface area contributed by atoms with Crippen molar-refractivity contribution in [3.8, 4) is 11.1 Å². The maximum Gasteiger partial charge on any atom is 0.242 e. The van der Waals surface area contributed by atoms with Crippen molar-refractivity contribution >= 4 is 29.4 Å². The summed E-state index contributed by atoms with van der Waals surface area (Å²) in [4.78, 5) is 39.8. The van der Waals surface area contributed by atoms with E-state index in [0.29, 0.717) is 30.5 Å². The van der Waals surface area contributed by atoms with E-state index in [9.17, 15) is 9.59 Å². The van der Waals surface area contributed by atoms with E-state index < -0.39 is 0 Å². The molecule has 1 aromatic heterocycles. The quantitative estimate of drug-likeness (QED) is 0.733. The number of halogens is 1. The van der Waals surface area contributed by atoms with Crippen molar-refractivity contribution in [2.24, 2.45) is 0 Å². The first-order valence-electron chi connectivity index (χ1n) is 10.3. The molecule has 2 saturated heterocycles. The molecule has 2 aliphatic rings. The second-order valence-electron chi connectivity index (χ2n) is 8.03. The first kappa shape index (κ1) is 20.6. The summed E-state index contributed by atoms with van der Waals surface area (Å²) in [5.74, 6) is 0.662. The summed E-state index contributed by atoms with van der Waals surface area (Å²) in [6.07, 6.45) is 4.94. The van der Waals surface area contributed by atoms with Crippen LogP contribution in [0.15, 0.2) is 30.5 Å². The minimum atomic E-state index is -0.136. The molecular formula is C22H26ClN5O2. The molecule has 158 valence electrons. The Labute approximate surface area is 181 Å². The van der Waals surface area contributed by atoms with Gasteiger partial charge in [-0.1, -0.05) is 23.7 Å². The predicted octanol–water partition coefficient (Wildman–Crippen LogP) is 3.15. The molecule has 3 heterocycles. The van der Waals surface area contributed by atoms with E-state index >= 15 is 0 Å². The number of aromatic nitrogens is 2. The van der Waals surface area contributed by atoms with Gasteiger partial charge < -0.3 is 14.7 Å². The highest BCUT2D eigenvalue weighted by Gasteiger charge is 2.35. The number of hydrogen-bond donors (Lipinski definition) is 0. The molecule has 0 N–H and O–H groups in total. The lowest BCUT2D eigenvalue weighted by Crippen LogP contribution is -2.40. The molecule has 8 heteroatoms. The van der Waals surface area contributed by atoms with Crippen molar-refractivity contribution in [2.75, 3.05) is 38.6 Å². The second-order valence-corrected chi connectivity index (χ2v) is 8.47. The van der Waals surface area contributed by atoms with Gasteiger partial charge in [0.05, 0.1) is 18.3 Å². The zero-order chi connectivity index (χ0) is 21.3. The third-order valence-corrected chi connectivity index (χ3v) is 6.00. The average molecular weight is 428 g/mol. The van der Waals surface area contributed by atoms with Crippen LogP contribution in [-0.2, 0) is 9.59 Å². The number of carbonyl (C=O) groups excluding carboxylic acids is 2. The molecule has 4 rings (SSSR count). The van der Waals surface area contributed by atoms with Gasteiger partial charge in [0.1, 0.15) is 0 Å². The molecule has 2 aromatic rings. The summed E-state index contributed by atoms with van der Waals surface area (Å²) >= 11 is 6.07. The lowest BCUT2D eigenvalue weighted by Gasteiger charge is -2.28. The molecule has 2 aliphatic heterocycles. The molecular weight excluding hydrogens is 402 g/mol. The standard InChI is InChI=1S/C22H26ClN5O2/c1-26(2)22-24-13-17(15-7-9-16(23)10-8-15)21(25-22)18-5-3-12-28(18)20(30)14-27-11-4-6-19(27)29/h7-10,13,18H,3-6,11-12,14H2,1-2H3. The molecule has 1 aromatic carbocycles. The molecule has 1 unspecified atom stereocenters. The number of anilines is 1. The van der Waals surface area contributed by atoms with Crippen LogP contribution in [0, 0.1) is 0 Å². The van der Waals surface area contributed by atoms with Crippen LogP contribution in [0.4, 0.5) is 5.95 Å². The van der Waals surface area contributed by atoms with Crippen LogP contribution < -0.4 is 4.90 Å². The van der Waals surface area contributed by atoms with Crippen LogP contribution in [0.25, 0.3) is 11.1 Å². The fourth-order valence-electron chi connectivity index (χ4n) is 4.18. The van der Waals surface area contributed by atoms with Gasteiger partial charge >= 0.3 is 0 Å². The molecule has 0 bridgehead atoms. The van der Waals surface area contributed by atoms with Crippen LogP contribution >= 0.6 is 11.6 Å². The Balaban J connectivity index is 1.67. The lowest BCUT2D eigenvalue weighted by atomic mass is 10.00. The normalized spacial score (nSPS) is 18.9. The third kappa shape index (κ3) is 4.12. The number of likely N-dealkylation sites (tertiary alicyclic amines) is 2. The molecule has 1 atom stereocenters. The van der Waals surface area contributed by atoms with E-state index in [2.05, 4.69) is 4.98 Å². The number of benzene rings is 1. The Morgan fingerprint density at radius 3 is 2.63 bits per heavy atom. The topological polar surface area (TPSA) is 69.6 Å². The summed E-state index contributed by atoms with van der Waals surface area (Å²) in [6.45, 7) is 1.49. The first-order chi connectivity index (χ1) is 14.4. The van der Waals surface area contributed by atoms with Crippen LogP contribution in [0.3, 0.4) is 0 Å². The molecule has 0 saturated carbocycles. The van der Waals surface area contributed by atoms with E-state index in [4.69, 9.17) is 16.6 Å². The second kappa shape index (κ2) is 8.60. The van der Waals surface area contributed by atoms with Gasteiger partial charge in [0.25, 0.3) is 0 Å². The average Bonchev–Trinajstić information content (AvgIpc) is 3.37. The van der Waals surface area contributed by atoms with Gasteiger partial charge in [0.15, 0.2) is 0 Å². The van der Waals surface area contributed by atoms with Crippen molar-refractivity contribution < 1.29 is 9.59 Å². The molecule has 30 heavy (non-hydrogen) atoms. The smallest absolute Gasteiger partial charge is 0.242 e. The largest absolute Gasteiger partial charge is 0.347 e. The monoisotopic (exact) mass is 427 g/mol. The molecule has 0 radical (unpaired) electrons. The lowest BCUT2D eigenvalue weighted by molar-refractivity contribution is -0.139. The van der Waals surface area contributed by atoms with Gasteiger partial charge in [-0.2, -0.15) is 0 Å². The van der Waals surface area contributed by atoms with Crippen LogP contribution in [0.1, 0.15) is 37.4 Å². The molecule has 0 spiro atoms. The fourth-order valence-corrected chi connectivity index (χ4v) is 4.31. The van der Waals surface area contributed by atoms with E-state index in [1.165, 1.54) is 0 Å². The molecule has 2 amide bonds. The van der Waals surface area contributed by atoms with E-state index in [1.807, 2.05) is 54.4 Å². The SMILES string of the molecule is CN(C)c1ncc(-c2ccc(Cl)cc2)c(C2CCCN2C(=O)CN2CCCC2=O)n1. The summed E-state index contributed by atoms with van der Waals surface area (Å²) < 4.78 is 0. The van der Waals surface area contributed by atoms with Gasteiger partial charge in [-0.25, -0.2) is 9.97 Å². The van der Waals surface area contributed by atoms with Crippen LogP contribution in [0.2, 0.25) is 5.02 Å². The maximum atomic E-state index is 13.1. The number of carbonyl (C=O) groups is 2. The summed E-state index contributed by atoms with van der Waals surface area (Å²) in [6, 6.07) is 7.45. The highest BCUT2D eigenvalue weighted by molar-refractivity contribution is 6.30. The van der Waals surface area contributed by atoms with Crippen LogP contribution in [-0.4, -0.2) is 65.3 Å². The number of nitrogens with zero attached hydrogens (tertiary/aromatic N) is 5. The highest BCUT2D eigenvalue weighted by atomic mass is 35.5. The molecule has 2 fully saturated rings. The third-order valence-electron chi connectivity index (χ3n) is 5.75. The summed E-state index contributed by atoms with van der Waals surface area (Å²) in [5.41, 5.74) is 2.71. The Hall–Kier alpha value is -2.67. The highest BCUT2D eigenvalue weighted by Crippen LogP contribution is 2.37. The zero-order valence-electron chi connectivity index (χ0n) is 17.3. The van der Waals surface area contributed by atoms with Crippen molar-refractivity contribution in [1.82, 2.24) is 19.8 Å². The Kier molecular flexibility index (Phi) is 5.90. The van der Waals surface area contributed by atoms with Gasteiger partial charge in [-0.15, -0.1) is 0 Å². The summed E-state index contributed by atoms with van der Waals surface area (Å²) in [5, 5.41) is 0.666. The Bertz CT molecular complexity index is 947. The fraction of sp³-hybridized carbons (Fsp3) is 0.455. The Morgan fingerprint density at radius 2 is 1.97 bits per heavy atom. The van der Waals surface area contributed by atoms with Crippen LogP contribution in [0.5, 0.6) is 0 Å². The molecule has 7 nitrogen and oxygen atoms in total. The van der Waals surface area contributed by atoms with Crippen molar-refractivity contribution in [3.05, 3.63) is 41.2 Å². The summed E-state index contributed by atoms with van der Waals surface area (Å²) in [7, 11) is 3.80. The van der Waals surface area contributed by atoms with Crippen molar-refractivity contribution in [3.63, 3.8) is 0 Å². The predicted molar refractivity (Wildman–Crippen MR) is 116 cm³/mol. The minimum absolute atomic E-state index is 0.0141. The van der Waals surface area contributed by atoms with Crippen molar-refractivity contribution in [1.29, 1.82) is 0 Å². The van der Waals surface area contributed by atoms with E-state index in [0.717, 1.165) is 36.1 Å². The van der Waals surface area contributed by atoms with E-state index in [-0.39, 0.29) is 24.4 Å². The maximum absolute atomic E-state index is 13.1.